The monoisotopic (exact) mass is 274 g/mol. The lowest BCUT2D eigenvalue weighted by Gasteiger charge is -2.32. The van der Waals surface area contributed by atoms with Gasteiger partial charge in [-0.25, -0.2) is 0 Å². The number of carbonyl (C=O) groups is 1. The van der Waals surface area contributed by atoms with E-state index in [2.05, 4.69) is 24.4 Å². The quantitative estimate of drug-likeness (QED) is 0.863. The molecule has 0 aliphatic heterocycles. The van der Waals surface area contributed by atoms with Gasteiger partial charge in [0.1, 0.15) is 0 Å². The van der Waals surface area contributed by atoms with E-state index in [1.54, 1.807) is 0 Å². The molecule has 20 heavy (non-hydrogen) atoms. The maximum absolute atomic E-state index is 12.5. The van der Waals surface area contributed by atoms with Gasteiger partial charge in [0, 0.05) is 11.1 Å². The van der Waals surface area contributed by atoms with Crippen LogP contribution in [-0.4, -0.2) is 12.5 Å². The third-order valence-electron chi connectivity index (χ3n) is 4.36. The zero-order chi connectivity index (χ0) is 14.4. The van der Waals surface area contributed by atoms with Gasteiger partial charge in [-0.15, -0.1) is 0 Å². The van der Waals surface area contributed by atoms with E-state index in [-0.39, 0.29) is 11.3 Å². The SMILES string of the molecule is CC1(C(=O)Nc2cccc(CCCN)c2)CCCCC1. The largest absolute Gasteiger partial charge is 0.330 e. The number of nitrogens with two attached hydrogens (primary N) is 1. The summed E-state index contributed by atoms with van der Waals surface area (Å²) in [6.45, 7) is 2.80. The summed E-state index contributed by atoms with van der Waals surface area (Å²) in [5.41, 5.74) is 7.50. The minimum absolute atomic E-state index is 0.174. The van der Waals surface area contributed by atoms with Crippen LogP contribution in [0.4, 0.5) is 5.69 Å². The summed E-state index contributed by atoms with van der Waals surface area (Å²) in [6, 6.07) is 8.13. The first-order valence-electron chi connectivity index (χ1n) is 7.74. The predicted molar refractivity (Wildman–Crippen MR) is 83.6 cm³/mol. The Balaban J connectivity index is 2.00. The molecule has 1 aromatic rings. The van der Waals surface area contributed by atoms with Crippen molar-refractivity contribution in [3.05, 3.63) is 29.8 Å². The van der Waals surface area contributed by atoms with E-state index < -0.39 is 0 Å². The van der Waals surface area contributed by atoms with Crippen molar-refractivity contribution < 1.29 is 4.79 Å². The van der Waals surface area contributed by atoms with Crippen molar-refractivity contribution in [3.8, 4) is 0 Å². The number of carbonyl (C=O) groups excluding carboxylic acids is 1. The number of anilines is 1. The first kappa shape index (κ1) is 15.0. The van der Waals surface area contributed by atoms with Gasteiger partial charge in [-0.2, -0.15) is 0 Å². The Bertz CT molecular complexity index is 450. The highest BCUT2D eigenvalue weighted by Gasteiger charge is 2.34. The zero-order valence-corrected chi connectivity index (χ0v) is 12.5. The number of hydrogen-bond acceptors (Lipinski definition) is 2. The lowest BCUT2D eigenvalue weighted by molar-refractivity contribution is -0.126. The fourth-order valence-corrected chi connectivity index (χ4v) is 2.95. The lowest BCUT2D eigenvalue weighted by Crippen LogP contribution is -2.35. The topological polar surface area (TPSA) is 55.1 Å². The summed E-state index contributed by atoms with van der Waals surface area (Å²) < 4.78 is 0. The number of aryl methyl sites for hydroxylation is 1. The van der Waals surface area contributed by atoms with E-state index in [9.17, 15) is 4.79 Å². The van der Waals surface area contributed by atoms with Crippen LogP contribution in [0.2, 0.25) is 0 Å². The van der Waals surface area contributed by atoms with E-state index >= 15 is 0 Å². The second-order valence-electron chi connectivity index (χ2n) is 6.17. The van der Waals surface area contributed by atoms with E-state index in [0.29, 0.717) is 6.54 Å². The summed E-state index contributed by atoms with van der Waals surface area (Å²) in [7, 11) is 0. The number of amides is 1. The molecule has 0 spiro atoms. The minimum atomic E-state index is -0.189. The zero-order valence-electron chi connectivity index (χ0n) is 12.5. The van der Waals surface area contributed by atoms with E-state index in [1.165, 1.54) is 24.8 Å². The van der Waals surface area contributed by atoms with E-state index in [4.69, 9.17) is 5.73 Å². The van der Waals surface area contributed by atoms with Crippen LogP contribution in [0.25, 0.3) is 0 Å². The fourth-order valence-electron chi connectivity index (χ4n) is 2.95. The Morgan fingerprint density at radius 2 is 2.05 bits per heavy atom. The molecule has 2 rings (SSSR count). The van der Waals surface area contributed by atoms with Crippen LogP contribution in [-0.2, 0) is 11.2 Å². The Hall–Kier alpha value is -1.35. The molecule has 0 atom stereocenters. The number of rotatable bonds is 5. The molecular weight excluding hydrogens is 248 g/mol. The molecule has 0 radical (unpaired) electrons. The van der Waals surface area contributed by atoms with E-state index in [0.717, 1.165) is 31.4 Å². The Labute approximate surface area is 121 Å². The summed E-state index contributed by atoms with van der Waals surface area (Å²) in [4.78, 5) is 12.5. The molecule has 0 unspecified atom stereocenters. The average Bonchev–Trinajstić information content (AvgIpc) is 2.46. The Kier molecular flexibility index (Phi) is 5.18. The molecule has 1 aliphatic rings. The highest BCUT2D eigenvalue weighted by atomic mass is 16.2. The van der Waals surface area contributed by atoms with Crippen LogP contribution in [0.3, 0.4) is 0 Å². The van der Waals surface area contributed by atoms with Gasteiger partial charge in [0.2, 0.25) is 5.91 Å². The lowest BCUT2D eigenvalue weighted by atomic mass is 9.75. The molecule has 1 aromatic carbocycles. The van der Waals surface area contributed by atoms with Crippen molar-refractivity contribution in [2.24, 2.45) is 11.1 Å². The summed E-state index contributed by atoms with van der Waals surface area (Å²) >= 11 is 0. The van der Waals surface area contributed by atoms with Crippen molar-refractivity contribution in [2.75, 3.05) is 11.9 Å². The second kappa shape index (κ2) is 6.89. The fraction of sp³-hybridized carbons (Fsp3) is 0.588. The molecule has 3 heteroatoms. The van der Waals surface area contributed by atoms with Crippen molar-refractivity contribution in [2.45, 2.75) is 51.9 Å². The van der Waals surface area contributed by atoms with Crippen LogP contribution in [0, 0.1) is 5.41 Å². The molecule has 0 aromatic heterocycles. The van der Waals surface area contributed by atoms with Gasteiger partial charge in [0.05, 0.1) is 0 Å². The molecule has 1 saturated carbocycles. The van der Waals surface area contributed by atoms with Crippen LogP contribution in [0.1, 0.15) is 51.0 Å². The maximum atomic E-state index is 12.5. The van der Waals surface area contributed by atoms with Crippen molar-refractivity contribution in [1.82, 2.24) is 0 Å². The molecule has 110 valence electrons. The van der Waals surface area contributed by atoms with Crippen molar-refractivity contribution >= 4 is 11.6 Å². The van der Waals surface area contributed by atoms with Crippen LogP contribution < -0.4 is 11.1 Å². The van der Waals surface area contributed by atoms with Gasteiger partial charge in [-0.3, -0.25) is 4.79 Å². The van der Waals surface area contributed by atoms with Crippen LogP contribution in [0.15, 0.2) is 24.3 Å². The predicted octanol–water partition coefficient (Wildman–Crippen LogP) is 3.49. The van der Waals surface area contributed by atoms with Crippen LogP contribution >= 0.6 is 0 Å². The number of hydrogen-bond donors (Lipinski definition) is 2. The third-order valence-corrected chi connectivity index (χ3v) is 4.36. The molecule has 0 heterocycles. The number of benzene rings is 1. The smallest absolute Gasteiger partial charge is 0.230 e. The molecular formula is C17H26N2O. The van der Waals surface area contributed by atoms with E-state index in [1.807, 2.05) is 12.1 Å². The maximum Gasteiger partial charge on any atom is 0.230 e. The van der Waals surface area contributed by atoms with Gasteiger partial charge in [-0.05, 0) is 49.9 Å². The highest BCUT2D eigenvalue weighted by molar-refractivity contribution is 5.95. The summed E-state index contributed by atoms with van der Waals surface area (Å²) in [5.74, 6) is 0.174. The molecule has 0 saturated heterocycles. The normalized spacial score (nSPS) is 17.7. The van der Waals surface area contributed by atoms with Gasteiger partial charge >= 0.3 is 0 Å². The third kappa shape index (κ3) is 3.83. The Morgan fingerprint density at radius 3 is 2.75 bits per heavy atom. The van der Waals surface area contributed by atoms with Crippen molar-refractivity contribution in [1.29, 1.82) is 0 Å². The molecule has 1 aliphatic carbocycles. The molecule has 3 nitrogen and oxygen atoms in total. The van der Waals surface area contributed by atoms with Crippen LogP contribution in [0.5, 0.6) is 0 Å². The first-order valence-corrected chi connectivity index (χ1v) is 7.74. The molecule has 1 amide bonds. The van der Waals surface area contributed by atoms with Gasteiger partial charge in [0.25, 0.3) is 0 Å². The molecule has 3 N–H and O–H groups in total. The average molecular weight is 274 g/mol. The number of nitrogens with one attached hydrogen (secondary N) is 1. The summed E-state index contributed by atoms with van der Waals surface area (Å²) in [5, 5.41) is 3.10. The molecule has 1 fully saturated rings. The van der Waals surface area contributed by atoms with Gasteiger partial charge in [0.15, 0.2) is 0 Å². The second-order valence-corrected chi connectivity index (χ2v) is 6.17. The first-order chi connectivity index (χ1) is 9.64. The Morgan fingerprint density at radius 1 is 1.30 bits per heavy atom. The molecule has 0 bridgehead atoms. The summed E-state index contributed by atoms with van der Waals surface area (Å²) in [6.07, 6.45) is 7.56. The standard InChI is InChI=1S/C17H26N2O/c1-17(10-3-2-4-11-17)16(20)19-15-9-5-7-14(13-15)8-6-12-18/h5,7,9,13H,2-4,6,8,10-12,18H2,1H3,(H,19,20). The van der Waals surface area contributed by atoms with Gasteiger partial charge in [-0.1, -0.05) is 38.3 Å². The highest BCUT2D eigenvalue weighted by Crippen LogP contribution is 2.36. The van der Waals surface area contributed by atoms with Gasteiger partial charge < -0.3 is 11.1 Å². The van der Waals surface area contributed by atoms with Crippen molar-refractivity contribution in [3.63, 3.8) is 0 Å². The minimum Gasteiger partial charge on any atom is -0.330 e.